The number of phenols is 1. The smallest absolute Gasteiger partial charge is 0.259 e. The largest absolute Gasteiger partial charge is 0.508 e. The zero-order chi connectivity index (χ0) is 22.3. The number of carbonyl (C=O) groups excluding carboxylic acids is 1. The maximum absolute atomic E-state index is 11.8. The number of rotatable bonds is 10. The van der Waals surface area contributed by atoms with Gasteiger partial charge in [-0.25, -0.2) is 0 Å². The fraction of sp³-hybridized carbons (Fsp3) is 0.409. The van der Waals surface area contributed by atoms with E-state index in [9.17, 15) is 15.0 Å². The molecule has 0 aliphatic heterocycles. The van der Waals surface area contributed by atoms with Gasteiger partial charge in [-0.15, -0.1) is 0 Å². The van der Waals surface area contributed by atoms with Gasteiger partial charge in [-0.3, -0.25) is 4.79 Å². The Morgan fingerprint density at radius 1 is 1.20 bits per heavy atom. The highest BCUT2D eigenvalue weighted by Gasteiger charge is 2.18. The standard InChI is InChI=1S/C22H29BrN2O5/c1-5-29-19-11-15(10-18(23)22(19)30-13-20(27)25(3)4)12-24-14(2)21(28)16-6-8-17(26)9-7-16/h6-11,14,21,24,26,28H,5,12-13H2,1-4H3/t14-,21-/m0/s1. The van der Waals surface area contributed by atoms with Crippen LogP contribution in [0.3, 0.4) is 0 Å². The van der Waals surface area contributed by atoms with Crippen molar-refractivity contribution < 1.29 is 24.5 Å². The lowest BCUT2D eigenvalue weighted by Crippen LogP contribution is -2.31. The molecular weight excluding hydrogens is 452 g/mol. The third kappa shape index (κ3) is 6.62. The van der Waals surface area contributed by atoms with Crippen LogP contribution in [-0.4, -0.2) is 54.4 Å². The number of nitrogens with zero attached hydrogens (tertiary/aromatic N) is 1. The number of phenolic OH excluding ortho intramolecular Hbond substituents is 1. The molecule has 1 amide bonds. The van der Waals surface area contributed by atoms with Gasteiger partial charge in [0.25, 0.3) is 5.91 Å². The summed E-state index contributed by atoms with van der Waals surface area (Å²) >= 11 is 3.50. The van der Waals surface area contributed by atoms with E-state index in [-0.39, 0.29) is 24.3 Å². The summed E-state index contributed by atoms with van der Waals surface area (Å²) in [6.45, 7) is 4.63. The van der Waals surface area contributed by atoms with Crippen molar-refractivity contribution in [3.63, 3.8) is 0 Å². The van der Waals surface area contributed by atoms with Gasteiger partial charge in [0.2, 0.25) is 0 Å². The summed E-state index contributed by atoms with van der Waals surface area (Å²) in [4.78, 5) is 13.3. The van der Waals surface area contributed by atoms with E-state index in [0.29, 0.717) is 29.1 Å². The summed E-state index contributed by atoms with van der Waals surface area (Å²) in [7, 11) is 3.35. The Morgan fingerprint density at radius 2 is 1.87 bits per heavy atom. The first-order chi connectivity index (χ1) is 14.2. The Balaban J connectivity index is 2.08. The van der Waals surface area contributed by atoms with Crippen molar-refractivity contribution in [1.82, 2.24) is 10.2 Å². The van der Waals surface area contributed by atoms with Crippen LogP contribution in [0.25, 0.3) is 0 Å². The summed E-state index contributed by atoms with van der Waals surface area (Å²) in [5, 5.41) is 23.2. The molecule has 0 bridgehead atoms. The molecule has 2 aromatic rings. The van der Waals surface area contributed by atoms with Crippen LogP contribution in [0.5, 0.6) is 17.2 Å². The second-order valence-corrected chi connectivity index (χ2v) is 7.98. The van der Waals surface area contributed by atoms with Crippen molar-refractivity contribution in [3.8, 4) is 17.2 Å². The number of aliphatic hydroxyl groups excluding tert-OH is 1. The van der Waals surface area contributed by atoms with E-state index in [1.54, 1.807) is 38.4 Å². The fourth-order valence-corrected chi connectivity index (χ4v) is 3.34. The second-order valence-electron chi connectivity index (χ2n) is 7.12. The van der Waals surface area contributed by atoms with Crippen molar-refractivity contribution in [2.45, 2.75) is 32.5 Å². The first-order valence-corrected chi connectivity index (χ1v) is 10.5. The lowest BCUT2D eigenvalue weighted by Gasteiger charge is -2.22. The van der Waals surface area contributed by atoms with Crippen LogP contribution in [0.15, 0.2) is 40.9 Å². The highest BCUT2D eigenvalue weighted by atomic mass is 79.9. The van der Waals surface area contributed by atoms with E-state index in [4.69, 9.17) is 9.47 Å². The molecule has 2 aromatic carbocycles. The molecule has 0 aliphatic rings. The molecule has 0 spiro atoms. The van der Waals surface area contributed by atoms with Gasteiger partial charge < -0.3 is 29.9 Å². The van der Waals surface area contributed by atoms with Crippen LogP contribution in [0.4, 0.5) is 0 Å². The highest BCUT2D eigenvalue weighted by Crippen LogP contribution is 2.37. The Kier molecular flexibility index (Phi) is 8.95. The zero-order valence-corrected chi connectivity index (χ0v) is 19.3. The number of benzene rings is 2. The molecule has 3 N–H and O–H groups in total. The number of hydrogen-bond donors (Lipinski definition) is 3. The molecule has 0 heterocycles. The van der Waals surface area contributed by atoms with Gasteiger partial charge in [0.15, 0.2) is 18.1 Å². The maximum Gasteiger partial charge on any atom is 0.259 e. The molecule has 0 fully saturated rings. The fourth-order valence-electron chi connectivity index (χ4n) is 2.74. The van der Waals surface area contributed by atoms with Crippen molar-refractivity contribution in [3.05, 3.63) is 52.0 Å². The quantitative estimate of drug-likeness (QED) is 0.483. The second kappa shape index (κ2) is 11.2. The van der Waals surface area contributed by atoms with Crippen molar-refractivity contribution >= 4 is 21.8 Å². The summed E-state index contributed by atoms with van der Waals surface area (Å²) in [6, 6.07) is 10.0. The van der Waals surface area contributed by atoms with Gasteiger partial charge in [0.1, 0.15) is 5.75 Å². The molecule has 0 saturated heterocycles. The van der Waals surface area contributed by atoms with Crippen LogP contribution >= 0.6 is 15.9 Å². The highest BCUT2D eigenvalue weighted by molar-refractivity contribution is 9.10. The number of carbonyl (C=O) groups is 1. The number of likely N-dealkylation sites (N-methyl/N-ethyl adjacent to an activating group) is 1. The Morgan fingerprint density at radius 3 is 2.47 bits per heavy atom. The minimum absolute atomic E-state index is 0.0842. The van der Waals surface area contributed by atoms with Crippen LogP contribution in [0.2, 0.25) is 0 Å². The third-order valence-electron chi connectivity index (χ3n) is 4.54. The monoisotopic (exact) mass is 480 g/mol. The van der Waals surface area contributed by atoms with Gasteiger partial charge >= 0.3 is 0 Å². The average molecular weight is 481 g/mol. The first kappa shape index (κ1) is 24.0. The Bertz CT molecular complexity index is 842. The molecule has 0 unspecified atom stereocenters. The van der Waals surface area contributed by atoms with Crippen LogP contribution in [0.1, 0.15) is 31.1 Å². The third-order valence-corrected chi connectivity index (χ3v) is 5.13. The SMILES string of the molecule is CCOc1cc(CN[C@@H](C)[C@H](O)c2ccc(O)cc2)cc(Br)c1OCC(=O)N(C)C. The lowest BCUT2D eigenvalue weighted by molar-refractivity contribution is -0.130. The minimum Gasteiger partial charge on any atom is -0.508 e. The first-order valence-electron chi connectivity index (χ1n) is 9.71. The minimum atomic E-state index is -0.722. The van der Waals surface area contributed by atoms with Gasteiger partial charge in [-0.05, 0) is 65.2 Å². The van der Waals surface area contributed by atoms with E-state index in [1.807, 2.05) is 26.0 Å². The Labute approximate surface area is 185 Å². The van der Waals surface area contributed by atoms with Crippen LogP contribution < -0.4 is 14.8 Å². The lowest BCUT2D eigenvalue weighted by atomic mass is 10.0. The molecule has 0 saturated carbocycles. The predicted molar refractivity (Wildman–Crippen MR) is 119 cm³/mol. The molecule has 2 rings (SSSR count). The number of nitrogens with one attached hydrogen (secondary N) is 1. The van der Waals surface area contributed by atoms with Crippen molar-refractivity contribution in [2.75, 3.05) is 27.3 Å². The number of amides is 1. The summed E-state index contributed by atoms with van der Waals surface area (Å²) in [5.74, 6) is 1.04. The molecule has 7 nitrogen and oxygen atoms in total. The van der Waals surface area contributed by atoms with Gasteiger partial charge in [-0.1, -0.05) is 12.1 Å². The number of ether oxygens (including phenoxy) is 2. The van der Waals surface area contributed by atoms with E-state index in [2.05, 4.69) is 21.2 Å². The van der Waals surface area contributed by atoms with Crippen molar-refractivity contribution in [1.29, 1.82) is 0 Å². The molecule has 30 heavy (non-hydrogen) atoms. The van der Waals surface area contributed by atoms with E-state index >= 15 is 0 Å². The molecule has 0 radical (unpaired) electrons. The van der Waals surface area contributed by atoms with Gasteiger partial charge in [-0.2, -0.15) is 0 Å². The van der Waals surface area contributed by atoms with E-state index < -0.39 is 6.10 Å². The van der Waals surface area contributed by atoms with Gasteiger partial charge in [0.05, 0.1) is 17.2 Å². The van der Waals surface area contributed by atoms with E-state index in [1.165, 1.54) is 4.90 Å². The Hall–Kier alpha value is -2.29. The number of hydrogen-bond acceptors (Lipinski definition) is 6. The molecule has 0 aromatic heterocycles. The summed E-state index contributed by atoms with van der Waals surface area (Å²) in [6.07, 6.45) is -0.722. The average Bonchev–Trinajstić information content (AvgIpc) is 2.71. The topological polar surface area (TPSA) is 91.3 Å². The van der Waals surface area contributed by atoms with Crippen LogP contribution in [-0.2, 0) is 11.3 Å². The normalized spacial score (nSPS) is 12.9. The maximum atomic E-state index is 11.8. The number of halogens is 1. The molecule has 2 atom stereocenters. The molecule has 164 valence electrons. The zero-order valence-electron chi connectivity index (χ0n) is 17.7. The molecular formula is C22H29BrN2O5. The van der Waals surface area contributed by atoms with Crippen molar-refractivity contribution in [2.24, 2.45) is 0 Å². The van der Waals surface area contributed by atoms with E-state index in [0.717, 1.165) is 11.1 Å². The predicted octanol–water partition coefficient (Wildman–Crippen LogP) is 3.23. The number of aromatic hydroxyl groups is 1. The molecule has 8 heteroatoms. The van der Waals surface area contributed by atoms with Crippen LogP contribution in [0, 0.1) is 0 Å². The summed E-state index contributed by atoms with van der Waals surface area (Å²) in [5.41, 5.74) is 1.65. The van der Waals surface area contributed by atoms with Gasteiger partial charge in [0, 0.05) is 26.7 Å². The number of aliphatic hydroxyl groups is 1. The summed E-state index contributed by atoms with van der Waals surface area (Å²) < 4.78 is 12.1. The molecule has 0 aliphatic carbocycles.